The van der Waals surface area contributed by atoms with Crippen LogP contribution in [0.1, 0.15) is 11.1 Å². The largest absolute Gasteiger partial charge is 0.325 e. The third kappa shape index (κ3) is 1.37. The molecule has 2 aliphatic heterocycles. The Bertz CT molecular complexity index is 506. The number of amides is 1. The minimum absolute atomic E-state index is 0.0659. The van der Waals surface area contributed by atoms with E-state index in [1.807, 2.05) is 24.3 Å². The lowest BCUT2D eigenvalue weighted by Crippen LogP contribution is -2.03. The van der Waals surface area contributed by atoms with E-state index in [0.29, 0.717) is 6.42 Å². The zero-order chi connectivity index (χ0) is 10.3. The Balaban J connectivity index is 2.21. The van der Waals surface area contributed by atoms with Crippen LogP contribution in [-0.2, 0) is 11.2 Å². The van der Waals surface area contributed by atoms with E-state index in [1.165, 1.54) is 11.9 Å². The summed E-state index contributed by atoms with van der Waals surface area (Å²) in [4.78, 5) is 12.4. The predicted molar refractivity (Wildman–Crippen MR) is 62.2 cm³/mol. The molecule has 0 saturated heterocycles. The Labute approximate surface area is 91.4 Å². The summed E-state index contributed by atoms with van der Waals surface area (Å²) >= 11 is 1.43. The van der Waals surface area contributed by atoms with Crippen molar-refractivity contribution in [2.24, 2.45) is 4.40 Å². The summed E-state index contributed by atoms with van der Waals surface area (Å²) in [5.41, 5.74) is 3.13. The number of hydrogen-bond donors (Lipinski definition) is 1. The van der Waals surface area contributed by atoms with E-state index in [0.717, 1.165) is 21.7 Å². The van der Waals surface area contributed by atoms with Gasteiger partial charge in [0.1, 0.15) is 0 Å². The lowest BCUT2D eigenvalue weighted by atomic mass is 10.1. The first-order valence-corrected chi connectivity index (χ1v) is 5.45. The van der Waals surface area contributed by atoms with E-state index in [2.05, 4.69) is 9.71 Å². The molecule has 15 heavy (non-hydrogen) atoms. The van der Waals surface area contributed by atoms with Crippen LogP contribution in [0.4, 0.5) is 5.69 Å². The number of fused-ring (bicyclic) bond motifs is 3. The molecule has 3 nitrogen and oxygen atoms in total. The van der Waals surface area contributed by atoms with Crippen molar-refractivity contribution in [1.29, 1.82) is 0 Å². The number of anilines is 1. The number of nitrogens with zero attached hydrogens (tertiary/aromatic N) is 1. The highest BCUT2D eigenvalue weighted by Gasteiger charge is 2.22. The van der Waals surface area contributed by atoms with Crippen LogP contribution in [0.2, 0.25) is 0 Å². The fraction of sp³-hybridized carbons (Fsp3) is 0.0909. The summed E-state index contributed by atoms with van der Waals surface area (Å²) in [6.45, 7) is 0. The van der Waals surface area contributed by atoms with E-state index < -0.39 is 0 Å². The molecule has 2 heterocycles. The fourth-order valence-electron chi connectivity index (χ4n) is 1.80. The monoisotopic (exact) mass is 216 g/mol. The topological polar surface area (TPSA) is 41.5 Å². The number of rotatable bonds is 0. The minimum atomic E-state index is 0.0659. The van der Waals surface area contributed by atoms with Crippen LogP contribution in [0.5, 0.6) is 0 Å². The van der Waals surface area contributed by atoms with E-state index in [-0.39, 0.29) is 5.91 Å². The average Bonchev–Trinajstić information content (AvgIpc) is 2.48. The molecule has 0 spiro atoms. The number of hydrogen-bond acceptors (Lipinski definition) is 3. The molecule has 0 radical (unpaired) electrons. The van der Waals surface area contributed by atoms with Crippen LogP contribution in [0.25, 0.3) is 6.08 Å². The lowest BCUT2D eigenvalue weighted by molar-refractivity contribution is -0.115. The van der Waals surface area contributed by atoms with Gasteiger partial charge in [-0.15, -0.1) is 0 Å². The van der Waals surface area contributed by atoms with Gasteiger partial charge in [0.15, 0.2) is 0 Å². The number of benzene rings is 1. The molecular weight excluding hydrogens is 208 g/mol. The molecule has 0 aromatic heterocycles. The Hall–Kier alpha value is -1.55. The van der Waals surface area contributed by atoms with Gasteiger partial charge in [0, 0.05) is 34.3 Å². The first-order valence-electron chi connectivity index (χ1n) is 4.67. The quantitative estimate of drug-likeness (QED) is 0.676. The zero-order valence-corrected chi connectivity index (χ0v) is 8.67. The van der Waals surface area contributed by atoms with Crippen LogP contribution < -0.4 is 5.32 Å². The van der Waals surface area contributed by atoms with Crippen LogP contribution in [0, 0.1) is 0 Å². The molecule has 0 saturated carbocycles. The number of carbonyl (C=O) groups is 1. The maximum atomic E-state index is 11.3. The molecule has 0 unspecified atom stereocenters. The summed E-state index contributed by atoms with van der Waals surface area (Å²) < 4.78 is 4.18. The number of allylic oxidation sites excluding steroid dienone is 1. The standard InChI is InChI=1S/C11H8N2OS/c14-10-6-8-9(13-10)4-3-7-2-1-5-12-15-11(7)8/h1-5H,6H2,(H,13,14). The molecule has 2 aliphatic rings. The minimum Gasteiger partial charge on any atom is -0.325 e. The molecule has 4 heteroatoms. The van der Waals surface area contributed by atoms with Crippen molar-refractivity contribution in [3.63, 3.8) is 0 Å². The SMILES string of the molecule is O=C1Cc2c(ccc3c2SN=CC=C3)N1. The molecule has 1 aromatic carbocycles. The maximum absolute atomic E-state index is 11.3. The van der Waals surface area contributed by atoms with Gasteiger partial charge < -0.3 is 5.32 Å². The molecule has 0 atom stereocenters. The third-order valence-corrected chi connectivity index (χ3v) is 3.36. The van der Waals surface area contributed by atoms with Crippen LogP contribution in [0.3, 0.4) is 0 Å². The lowest BCUT2D eigenvalue weighted by Gasteiger charge is -2.06. The molecule has 74 valence electrons. The van der Waals surface area contributed by atoms with Gasteiger partial charge in [0.05, 0.1) is 6.42 Å². The van der Waals surface area contributed by atoms with Gasteiger partial charge in [0.25, 0.3) is 0 Å². The highest BCUT2D eigenvalue weighted by Crippen LogP contribution is 2.37. The first-order chi connectivity index (χ1) is 7.34. The van der Waals surface area contributed by atoms with Crippen molar-refractivity contribution >= 4 is 35.8 Å². The Morgan fingerprint density at radius 3 is 3.27 bits per heavy atom. The van der Waals surface area contributed by atoms with E-state index in [1.54, 1.807) is 6.21 Å². The van der Waals surface area contributed by atoms with Crippen molar-refractivity contribution in [2.75, 3.05) is 5.32 Å². The third-order valence-electron chi connectivity index (χ3n) is 2.47. The normalized spacial score (nSPS) is 16.9. The van der Waals surface area contributed by atoms with Gasteiger partial charge in [0.2, 0.25) is 5.91 Å². The van der Waals surface area contributed by atoms with E-state index >= 15 is 0 Å². The average molecular weight is 216 g/mol. The van der Waals surface area contributed by atoms with Crippen LogP contribution in [-0.4, -0.2) is 12.1 Å². The highest BCUT2D eigenvalue weighted by molar-refractivity contribution is 7.98. The summed E-state index contributed by atoms with van der Waals surface area (Å²) in [6.07, 6.45) is 6.16. The number of nitrogens with one attached hydrogen (secondary N) is 1. The summed E-state index contributed by atoms with van der Waals surface area (Å²) in [7, 11) is 0. The van der Waals surface area contributed by atoms with Gasteiger partial charge in [-0.25, -0.2) is 4.40 Å². The highest BCUT2D eigenvalue weighted by atomic mass is 32.2. The maximum Gasteiger partial charge on any atom is 0.228 e. The molecular formula is C11H8N2OS. The van der Waals surface area contributed by atoms with Crippen molar-refractivity contribution in [1.82, 2.24) is 0 Å². The Morgan fingerprint density at radius 2 is 2.33 bits per heavy atom. The summed E-state index contributed by atoms with van der Waals surface area (Å²) in [5, 5.41) is 2.84. The summed E-state index contributed by atoms with van der Waals surface area (Å²) in [5.74, 6) is 0.0659. The Morgan fingerprint density at radius 1 is 1.40 bits per heavy atom. The molecule has 0 fully saturated rings. The van der Waals surface area contributed by atoms with Gasteiger partial charge >= 0.3 is 0 Å². The number of carbonyl (C=O) groups excluding carboxylic acids is 1. The van der Waals surface area contributed by atoms with Crippen molar-refractivity contribution in [2.45, 2.75) is 11.3 Å². The molecule has 0 aliphatic carbocycles. The van der Waals surface area contributed by atoms with Gasteiger partial charge in [-0.3, -0.25) is 4.79 Å². The predicted octanol–water partition coefficient (Wildman–Crippen LogP) is 2.29. The summed E-state index contributed by atoms with van der Waals surface area (Å²) in [6, 6.07) is 3.97. The second-order valence-electron chi connectivity index (χ2n) is 3.44. The van der Waals surface area contributed by atoms with Crippen LogP contribution in [0.15, 0.2) is 27.5 Å². The van der Waals surface area contributed by atoms with Crippen molar-refractivity contribution in [3.8, 4) is 0 Å². The molecule has 1 N–H and O–H groups in total. The zero-order valence-electron chi connectivity index (χ0n) is 7.86. The molecule has 3 rings (SSSR count). The fourth-order valence-corrected chi connectivity index (χ4v) is 2.57. The van der Waals surface area contributed by atoms with Crippen LogP contribution >= 0.6 is 11.9 Å². The second-order valence-corrected chi connectivity index (χ2v) is 4.24. The van der Waals surface area contributed by atoms with Gasteiger partial charge in [-0.2, -0.15) is 0 Å². The molecule has 1 amide bonds. The molecule has 0 bridgehead atoms. The first kappa shape index (κ1) is 8.73. The second kappa shape index (κ2) is 3.24. The van der Waals surface area contributed by atoms with Crippen molar-refractivity contribution < 1.29 is 4.79 Å². The Kier molecular flexibility index (Phi) is 1.89. The smallest absolute Gasteiger partial charge is 0.228 e. The van der Waals surface area contributed by atoms with Gasteiger partial charge in [-0.1, -0.05) is 12.1 Å². The molecule has 1 aromatic rings. The van der Waals surface area contributed by atoms with Crippen molar-refractivity contribution in [3.05, 3.63) is 29.3 Å². The van der Waals surface area contributed by atoms with E-state index in [4.69, 9.17) is 0 Å². The van der Waals surface area contributed by atoms with Gasteiger partial charge in [-0.05, 0) is 17.7 Å². The van der Waals surface area contributed by atoms with E-state index in [9.17, 15) is 4.79 Å².